The van der Waals surface area contributed by atoms with Crippen LogP contribution in [0.5, 0.6) is 0 Å². The highest BCUT2D eigenvalue weighted by Crippen LogP contribution is 2.47. The van der Waals surface area contributed by atoms with Gasteiger partial charge in [0.2, 0.25) is 0 Å². The molecular weight excluding hydrogens is 496 g/mol. The zero-order chi connectivity index (χ0) is 28.8. The maximum absolute atomic E-state index is 6.05. The number of benzene rings is 4. The van der Waals surface area contributed by atoms with Gasteiger partial charge in [-0.25, -0.2) is 0 Å². The zero-order valence-corrected chi connectivity index (χ0v) is 25.4. The van der Waals surface area contributed by atoms with Crippen LogP contribution in [0.4, 0.5) is 11.4 Å². The first-order valence-electron chi connectivity index (χ1n) is 15.7. The highest BCUT2D eigenvalue weighted by Gasteiger charge is 2.38. The van der Waals surface area contributed by atoms with Gasteiger partial charge in [0.1, 0.15) is 0 Å². The van der Waals surface area contributed by atoms with E-state index >= 15 is 0 Å². The van der Waals surface area contributed by atoms with Gasteiger partial charge in [-0.1, -0.05) is 105 Å². The van der Waals surface area contributed by atoms with Gasteiger partial charge in [-0.3, -0.25) is 0 Å². The molecule has 5 rings (SSSR count). The Bertz CT molecular complexity index is 1320. The molecule has 0 aromatic heterocycles. The molecule has 2 nitrogen and oxygen atoms in total. The van der Waals surface area contributed by atoms with Crippen LogP contribution in [0.15, 0.2) is 84.9 Å². The molecule has 1 aliphatic carbocycles. The molecule has 1 aliphatic rings. The van der Waals surface area contributed by atoms with E-state index in [1.807, 2.05) is 12.1 Å². The molecule has 0 radical (unpaired) electrons. The number of anilines is 2. The molecule has 4 aromatic carbocycles. The molecule has 0 unspecified atom stereocenters. The summed E-state index contributed by atoms with van der Waals surface area (Å²) in [4.78, 5) is 0. The third-order valence-corrected chi connectivity index (χ3v) is 9.67. The fourth-order valence-corrected chi connectivity index (χ4v) is 6.94. The second-order valence-corrected chi connectivity index (χ2v) is 12.7. The Hall–Kier alpha value is -3.52. The highest BCUT2D eigenvalue weighted by molar-refractivity contribution is 5.50. The lowest BCUT2D eigenvalue weighted by Gasteiger charge is -2.42. The Morgan fingerprint density at radius 1 is 0.610 bits per heavy atom. The normalized spacial score (nSPS) is 15.2. The van der Waals surface area contributed by atoms with Crippen molar-refractivity contribution >= 4 is 11.4 Å². The van der Waals surface area contributed by atoms with Crippen molar-refractivity contribution in [2.75, 3.05) is 11.5 Å². The van der Waals surface area contributed by atoms with E-state index < -0.39 is 0 Å². The van der Waals surface area contributed by atoms with Crippen molar-refractivity contribution in [2.24, 2.45) is 5.92 Å². The van der Waals surface area contributed by atoms with Crippen LogP contribution in [0.1, 0.15) is 103 Å². The van der Waals surface area contributed by atoms with E-state index in [0.29, 0.717) is 0 Å². The predicted octanol–water partition coefficient (Wildman–Crippen LogP) is 9.71. The summed E-state index contributed by atoms with van der Waals surface area (Å²) in [6.07, 6.45) is 12.4. The van der Waals surface area contributed by atoms with Crippen LogP contribution < -0.4 is 11.5 Å². The monoisotopic (exact) mass is 544 g/mol. The number of aryl methyl sites for hydroxylation is 2. The van der Waals surface area contributed by atoms with Crippen LogP contribution in [0.3, 0.4) is 0 Å². The molecule has 0 bridgehead atoms. The van der Waals surface area contributed by atoms with Crippen LogP contribution in [0.2, 0.25) is 0 Å². The predicted molar refractivity (Wildman–Crippen MR) is 177 cm³/mol. The van der Waals surface area contributed by atoms with Gasteiger partial charge >= 0.3 is 0 Å². The van der Waals surface area contributed by atoms with E-state index in [9.17, 15) is 0 Å². The van der Waals surface area contributed by atoms with Crippen molar-refractivity contribution in [1.29, 1.82) is 0 Å². The topological polar surface area (TPSA) is 52.0 Å². The van der Waals surface area contributed by atoms with Crippen molar-refractivity contribution in [3.63, 3.8) is 0 Å². The summed E-state index contributed by atoms with van der Waals surface area (Å²) in [5.41, 5.74) is 24.5. The van der Waals surface area contributed by atoms with Gasteiger partial charge in [-0.05, 0) is 115 Å². The number of rotatable bonds is 10. The summed E-state index contributed by atoms with van der Waals surface area (Å²) in [6, 6.07) is 31.9. The van der Waals surface area contributed by atoms with Crippen molar-refractivity contribution in [2.45, 2.75) is 90.4 Å². The Balaban J connectivity index is 1.38. The lowest BCUT2D eigenvalue weighted by Crippen LogP contribution is -2.33. The SMILES string of the molecule is CCCCCC1CCC(c2ccc(Cc3ccc(N)c(C)c3)cc2)(c2ccc(Cc3ccc(N)c(C)c3)cc2)CC1. The van der Waals surface area contributed by atoms with Crippen molar-refractivity contribution in [3.05, 3.63) is 129 Å². The van der Waals surface area contributed by atoms with Gasteiger partial charge < -0.3 is 11.5 Å². The average molecular weight is 545 g/mol. The minimum Gasteiger partial charge on any atom is -0.399 e. The fraction of sp³-hybridized carbons (Fsp3) is 0.385. The molecule has 1 saturated carbocycles. The zero-order valence-electron chi connectivity index (χ0n) is 25.4. The second kappa shape index (κ2) is 13.0. The Labute approximate surface area is 248 Å². The molecule has 0 atom stereocenters. The highest BCUT2D eigenvalue weighted by atomic mass is 14.6. The summed E-state index contributed by atoms with van der Waals surface area (Å²) in [7, 11) is 0. The van der Waals surface area contributed by atoms with Gasteiger partial charge in [0, 0.05) is 16.8 Å². The first-order chi connectivity index (χ1) is 19.9. The molecular formula is C39H48N2. The third-order valence-electron chi connectivity index (χ3n) is 9.67. The van der Waals surface area contributed by atoms with Crippen molar-refractivity contribution in [3.8, 4) is 0 Å². The average Bonchev–Trinajstić information content (AvgIpc) is 2.98. The van der Waals surface area contributed by atoms with E-state index in [0.717, 1.165) is 41.3 Å². The smallest absolute Gasteiger partial charge is 0.0343 e. The maximum atomic E-state index is 6.05. The van der Waals surface area contributed by atoms with E-state index in [2.05, 4.69) is 93.6 Å². The van der Waals surface area contributed by atoms with Gasteiger partial charge in [-0.2, -0.15) is 0 Å². The van der Waals surface area contributed by atoms with Gasteiger partial charge in [-0.15, -0.1) is 0 Å². The largest absolute Gasteiger partial charge is 0.399 e. The molecule has 0 heterocycles. The molecule has 0 saturated heterocycles. The van der Waals surface area contributed by atoms with Gasteiger partial charge in [0.25, 0.3) is 0 Å². The Kier molecular flexibility index (Phi) is 9.18. The number of unbranched alkanes of at least 4 members (excludes halogenated alkanes) is 2. The van der Waals surface area contributed by atoms with Crippen LogP contribution in [0, 0.1) is 19.8 Å². The van der Waals surface area contributed by atoms with Crippen LogP contribution in [-0.2, 0) is 18.3 Å². The van der Waals surface area contributed by atoms with E-state index in [-0.39, 0.29) is 5.41 Å². The quantitative estimate of drug-likeness (QED) is 0.154. The van der Waals surface area contributed by atoms with Crippen LogP contribution in [0.25, 0.3) is 0 Å². The summed E-state index contributed by atoms with van der Waals surface area (Å²) in [5.74, 6) is 0.871. The van der Waals surface area contributed by atoms with Gasteiger partial charge in [0.05, 0.1) is 0 Å². The van der Waals surface area contributed by atoms with Crippen molar-refractivity contribution in [1.82, 2.24) is 0 Å². The molecule has 2 heteroatoms. The summed E-state index contributed by atoms with van der Waals surface area (Å²) in [6.45, 7) is 6.49. The molecule has 41 heavy (non-hydrogen) atoms. The van der Waals surface area contributed by atoms with Gasteiger partial charge in [0.15, 0.2) is 0 Å². The first-order valence-corrected chi connectivity index (χ1v) is 15.7. The molecule has 4 N–H and O–H groups in total. The number of hydrogen-bond acceptors (Lipinski definition) is 2. The molecule has 0 aliphatic heterocycles. The summed E-state index contributed by atoms with van der Waals surface area (Å²) < 4.78 is 0. The number of nitrogen functional groups attached to an aromatic ring is 2. The Morgan fingerprint density at radius 3 is 1.46 bits per heavy atom. The minimum absolute atomic E-state index is 0.0912. The molecule has 0 spiro atoms. The summed E-state index contributed by atoms with van der Waals surface area (Å²) >= 11 is 0. The first kappa shape index (κ1) is 29.0. The van der Waals surface area contributed by atoms with Crippen molar-refractivity contribution < 1.29 is 0 Å². The molecule has 214 valence electrons. The maximum Gasteiger partial charge on any atom is 0.0343 e. The lowest BCUT2D eigenvalue weighted by atomic mass is 9.62. The second-order valence-electron chi connectivity index (χ2n) is 12.7. The third kappa shape index (κ3) is 6.87. The van der Waals surface area contributed by atoms with E-state index in [4.69, 9.17) is 11.5 Å². The van der Waals surface area contributed by atoms with E-state index in [1.54, 1.807) is 0 Å². The summed E-state index contributed by atoms with van der Waals surface area (Å²) in [5, 5.41) is 0. The molecule has 0 amide bonds. The molecule has 1 fully saturated rings. The number of nitrogens with two attached hydrogens (primary N) is 2. The fourth-order valence-electron chi connectivity index (χ4n) is 6.94. The Morgan fingerprint density at radius 2 is 1.05 bits per heavy atom. The number of hydrogen-bond donors (Lipinski definition) is 2. The lowest BCUT2D eigenvalue weighted by molar-refractivity contribution is 0.250. The van der Waals surface area contributed by atoms with E-state index in [1.165, 1.54) is 84.7 Å². The standard InChI is InChI=1S/C39H48N2/c1-4-5-6-7-30-20-22-39(23-21-30,35-14-8-31(9-15-35)26-33-12-18-37(40)28(2)24-33)36-16-10-32(11-17-36)27-34-13-19-38(41)29(3)25-34/h8-19,24-25,30H,4-7,20-23,26-27,40-41H2,1-3H3. The molecule has 4 aromatic rings. The minimum atomic E-state index is 0.0912. The van der Waals surface area contributed by atoms with Crippen LogP contribution >= 0.6 is 0 Å². The van der Waals surface area contributed by atoms with Crippen LogP contribution in [-0.4, -0.2) is 0 Å².